The summed E-state index contributed by atoms with van der Waals surface area (Å²) < 4.78 is 0. The van der Waals surface area contributed by atoms with Crippen LogP contribution < -0.4 is 21.7 Å². The van der Waals surface area contributed by atoms with E-state index in [1.807, 2.05) is 0 Å². The normalized spacial score (nSPS) is 14.1. The monoisotopic (exact) mass is 502 g/mol. The van der Waals surface area contributed by atoms with Gasteiger partial charge in [-0.25, -0.2) is 4.79 Å². The van der Waals surface area contributed by atoms with Crippen molar-refractivity contribution in [2.45, 2.75) is 43.9 Å². The van der Waals surface area contributed by atoms with E-state index >= 15 is 0 Å². The van der Waals surface area contributed by atoms with E-state index in [-0.39, 0.29) is 24.3 Å². The number of carboxylic acids is 1. The molecule has 3 amide bonds. The molecule has 0 aromatic heterocycles. The molecule has 0 bridgehead atoms. The van der Waals surface area contributed by atoms with Gasteiger partial charge in [-0.3, -0.25) is 14.4 Å². The van der Waals surface area contributed by atoms with Crippen molar-refractivity contribution in [1.29, 1.82) is 0 Å². The molecule has 4 unspecified atom stereocenters. The van der Waals surface area contributed by atoms with E-state index in [2.05, 4.69) is 28.6 Å². The third-order valence-electron chi connectivity index (χ3n) is 5.19. The summed E-state index contributed by atoms with van der Waals surface area (Å²) in [5.74, 6) is -3.17. The summed E-state index contributed by atoms with van der Waals surface area (Å²) >= 11 is 3.94. The van der Waals surface area contributed by atoms with Crippen LogP contribution in [0.25, 0.3) is 0 Å². The van der Waals surface area contributed by atoms with E-state index in [1.165, 1.54) is 19.1 Å². The van der Waals surface area contributed by atoms with Gasteiger partial charge in [-0.1, -0.05) is 42.5 Å². The van der Waals surface area contributed by atoms with Gasteiger partial charge in [0.25, 0.3) is 0 Å². The second-order valence-corrected chi connectivity index (χ2v) is 8.41. The number of nitrogens with one attached hydrogen (secondary N) is 3. The van der Waals surface area contributed by atoms with Gasteiger partial charge in [0.15, 0.2) is 0 Å². The van der Waals surface area contributed by atoms with E-state index in [1.54, 1.807) is 42.5 Å². The average molecular weight is 503 g/mol. The minimum absolute atomic E-state index is 0.0928. The Hall–Kier alpha value is -3.57. The molecule has 2 rings (SSSR count). The number of aliphatic carboxylic acids is 1. The van der Waals surface area contributed by atoms with E-state index < -0.39 is 47.9 Å². The van der Waals surface area contributed by atoms with Crippen molar-refractivity contribution in [1.82, 2.24) is 16.0 Å². The average Bonchev–Trinajstić information content (AvgIpc) is 2.83. The fraction of sp³-hybridized carbons (Fsp3) is 0.333. The molecule has 188 valence electrons. The lowest BCUT2D eigenvalue weighted by Gasteiger charge is -2.23. The zero-order chi connectivity index (χ0) is 26.0. The summed E-state index contributed by atoms with van der Waals surface area (Å²) in [4.78, 5) is 49.3. The smallest absolute Gasteiger partial charge is 0.327 e. The van der Waals surface area contributed by atoms with Crippen LogP contribution in [0.3, 0.4) is 0 Å². The highest BCUT2D eigenvalue weighted by Gasteiger charge is 2.28. The number of benzene rings is 2. The third-order valence-corrected chi connectivity index (χ3v) is 5.56. The Kier molecular flexibility index (Phi) is 10.6. The van der Waals surface area contributed by atoms with Gasteiger partial charge in [0.1, 0.15) is 23.9 Å². The van der Waals surface area contributed by atoms with Crippen molar-refractivity contribution in [2.75, 3.05) is 5.75 Å². The van der Waals surface area contributed by atoms with Gasteiger partial charge in [-0.2, -0.15) is 12.6 Å². The quantitative estimate of drug-likeness (QED) is 0.200. The van der Waals surface area contributed by atoms with Crippen molar-refractivity contribution in [3.8, 4) is 5.75 Å². The van der Waals surface area contributed by atoms with Gasteiger partial charge in [0.05, 0.1) is 6.04 Å². The van der Waals surface area contributed by atoms with Gasteiger partial charge in [-0.15, -0.1) is 0 Å². The Morgan fingerprint density at radius 3 is 1.97 bits per heavy atom. The lowest BCUT2D eigenvalue weighted by atomic mass is 10.0. The Morgan fingerprint density at radius 1 is 0.829 bits per heavy atom. The maximum Gasteiger partial charge on any atom is 0.327 e. The first-order valence-electron chi connectivity index (χ1n) is 10.9. The van der Waals surface area contributed by atoms with Crippen molar-refractivity contribution >= 4 is 36.3 Å². The molecule has 0 saturated carbocycles. The van der Waals surface area contributed by atoms with Gasteiger partial charge in [-0.05, 0) is 36.6 Å². The van der Waals surface area contributed by atoms with Gasteiger partial charge in [0, 0.05) is 12.2 Å². The lowest BCUT2D eigenvalue weighted by molar-refractivity contribution is -0.141. The minimum atomic E-state index is -1.25. The molecule has 0 aliphatic rings. The predicted molar refractivity (Wildman–Crippen MR) is 133 cm³/mol. The summed E-state index contributed by atoms with van der Waals surface area (Å²) in [6, 6.07) is 10.9. The van der Waals surface area contributed by atoms with Crippen molar-refractivity contribution < 1.29 is 29.4 Å². The fourth-order valence-electron chi connectivity index (χ4n) is 3.18. The predicted octanol–water partition coefficient (Wildman–Crippen LogP) is -0.00660. The van der Waals surface area contributed by atoms with E-state index in [0.717, 1.165) is 11.1 Å². The number of amides is 3. The number of hydrogen-bond donors (Lipinski definition) is 7. The summed E-state index contributed by atoms with van der Waals surface area (Å²) in [5.41, 5.74) is 7.44. The SMILES string of the molecule is CC(NC(=O)C(N)Cc1ccc(O)cc1)C(=O)NC(Cc1ccccc1)C(=O)NC(CS)C(=O)O. The first-order valence-corrected chi connectivity index (χ1v) is 11.6. The van der Waals surface area contributed by atoms with Crippen LogP contribution in [0.2, 0.25) is 0 Å². The highest BCUT2D eigenvalue weighted by Crippen LogP contribution is 2.11. The van der Waals surface area contributed by atoms with Crippen LogP contribution in [0.15, 0.2) is 54.6 Å². The molecule has 0 heterocycles. The van der Waals surface area contributed by atoms with E-state index in [4.69, 9.17) is 5.73 Å². The summed E-state index contributed by atoms with van der Waals surface area (Å²) in [6.45, 7) is 1.45. The Morgan fingerprint density at radius 2 is 1.40 bits per heavy atom. The molecule has 10 nitrogen and oxygen atoms in total. The zero-order valence-corrected chi connectivity index (χ0v) is 20.1. The van der Waals surface area contributed by atoms with Crippen LogP contribution in [0.4, 0.5) is 0 Å². The highest BCUT2D eigenvalue weighted by atomic mass is 32.1. The zero-order valence-electron chi connectivity index (χ0n) is 19.2. The van der Waals surface area contributed by atoms with Gasteiger partial charge >= 0.3 is 5.97 Å². The molecule has 4 atom stereocenters. The van der Waals surface area contributed by atoms with Crippen LogP contribution in [0.1, 0.15) is 18.1 Å². The number of thiol groups is 1. The van der Waals surface area contributed by atoms with Gasteiger partial charge in [0.2, 0.25) is 17.7 Å². The minimum Gasteiger partial charge on any atom is -0.508 e. The number of carbonyl (C=O) groups excluding carboxylic acids is 3. The number of phenols is 1. The van der Waals surface area contributed by atoms with Crippen LogP contribution in [-0.4, -0.2) is 63.8 Å². The molecule has 0 aliphatic carbocycles. The number of carboxylic acid groups (broad SMARTS) is 1. The van der Waals surface area contributed by atoms with E-state index in [0.29, 0.717) is 0 Å². The van der Waals surface area contributed by atoms with Crippen molar-refractivity contribution in [3.63, 3.8) is 0 Å². The molecule has 0 radical (unpaired) electrons. The first kappa shape index (κ1) is 27.7. The van der Waals surface area contributed by atoms with Crippen molar-refractivity contribution in [3.05, 3.63) is 65.7 Å². The highest BCUT2D eigenvalue weighted by molar-refractivity contribution is 7.80. The Bertz CT molecular complexity index is 1020. The standard InChI is InChI=1S/C24H30N4O6S/c1-14(26-22(31)18(25)11-16-7-9-17(29)10-8-16)21(30)27-19(12-15-5-3-2-4-6-15)23(32)28-20(13-35)24(33)34/h2-10,14,18-20,29,35H,11-13,25H2,1H3,(H,26,31)(H,27,30)(H,28,32)(H,33,34). The second kappa shape index (κ2) is 13.4. The summed E-state index contributed by atoms with van der Waals surface area (Å²) in [6.07, 6.45) is 0.304. The molecule has 7 N–H and O–H groups in total. The molecule has 2 aromatic rings. The van der Waals surface area contributed by atoms with E-state index in [9.17, 15) is 29.4 Å². The van der Waals surface area contributed by atoms with Gasteiger partial charge < -0.3 is 31.9 Å². The topological polar surface area (TPSA) is 171 Å². The second-order valence-electron chi connectivity index (χ2n) is 8.04. The molecular formula is C24H30N4O6S. The summed E-state index contributed by atoms with van der Waals surface area (Å²) in [5, 5.41) is 26.0. The van der Waals surface area contributed by atoms with Crippen LogP contribution >= 0.6 is 12.6 Å². The number of rotatable bonds is 12. The Balaban J connectivity index is 2.03. The fourth-order valence-corrected chi connectivity index (χ4v) is 3.43. The third kappa shape index (κ3) is 8.95. The maximum atomic E-state index is 12.8. The molecular weight excluding hydrogens is 472 g/mol. The molecule has 2 aromatic carbocycles. The first-order chi connectivity index (χ1) is 16.6. The van der Waals surface area contributed by atoms with Crippen molar-refractivity contribution in [2.24, 2.45) is 5.73 Å². The molecule has 0 spiro atoms. The summed E-state index contributed by atoms with van der Waals surface area (Å²) in [7, 11) is 0. The molecule has 11 heteroatoms. The molecule has 0 fully saturated rings. The Labute approximate surface area is 208 Å². The molecule has 0 saturated heterocycles. The largest absolute Gasteiger partial charge is 0.508 e. The maximum absolute atomic E-state index is 12.8. The molecule has 35 heavy (non-hydrogen) atoms. The number of hydrogen-bond acceptors (Lipinski definition) is 7. The number of phenolic OH excluding ortho intramolecular Hbond substituents is 1. The number of nitrogens with two attached hydrogens (primary N) is 1. The lowest BCUT2D eigenvalue weighted by Crippen LogP contribution is -2.57. The van der Waals surface area contributed by atoms with Crippen LogP contribution in [-0.2, 0) is 32.0 Å². The van der Waals surface area contributed by atoms with Crippen LogP contribution in [0, 0.1) is 0 Å². The number of carbonyl (C=O) groups is 4. The molecule has 0 aliphatic heterocycles. The number of aromatic hydroxyl groups is 1. The van der Waals surface area contributed by atoms with Crippen LogP contribution in [0.5, 0.6) is 5.75 Å².